The molecule has 150 valence electrons. The van der Waals surface area contributed by atoms with Gasteiger partial charge in [-0.05, 0) is 49.4 Å². The smallest absolute Gasteiger partial charge is 0.252 e. The lowest BCUT2D eigenvalue weighted by Gasteiger charge is -2.41. The summed E-state index contributed by atoms with van der Waals surface area (Å²) in [5.41, 5.74) is 11.0. The molecule has 0 aromatic heterocycles. The van der Waals surface area contributed by atoms with Crippen molar-refractivity contribution in [2.75, 3.05) is 33.4 Å². The van der Waals surface area contributed by atoms with E-state index >= 15 is 0 Å². The zero-order chi connectivity index (χ0) is 19.7. The lowest BCUT2D eigenvalue weighted by Crippen LogP contribution is -2.49. The first kappa shape index (κ1) is 19.2. The van der Waals surface area contributed by atoms with E-state index in [1.807, 2.05) is 24.1 Å². The van der Waals surface area contributed by atoms with E-state index in [1.165, 1.54) is 11.1 Å². The predicted molar refractivity (Wildman–Crippen MR) is 109 cm³/mol. The van der Waals surface area contributed by atoms with Gasteiger partial charge in [0.2, 0.25) is 0 Å². The Morgan fingerprint density at radius 1 is 1.36 bits per heavy atom. The maximum Gasteiger partial charge on any atom is 0.252 e. The van der Waals surface area contributed by atoms with Gasteiger partial charge in [-0.2, -0.15) is 0 Å². The molecule has 0 spiro atoms. The van der Waals surface area contributed by atoms with Gasteiger partial charge in [0.1, 0.15) is 12.4 Å². The van der Waals surface area contributed by atoms with Gasteiger partial charge >= 0.3 is 0 Å². The molecule has 0 bridgehead atoms. The number of hydrogen-bond donors (Lipinski definition) is 1. The predicted octanol–water partition coefficient (Wildman–Crippen LogP) is 2.63. The van der Waals surface area contributed by atoms with Crippen molar-refractivity contribution in [3.05, 3.63) is 34.9 Å². The first-order valence-corrected chi connectivity index (χ1v) is 10.2. The molecule has 1 aromatic rings. The van der Waals surface area contributed by atoms with Gasteiger partial charge in [0.15, 0.2) is 0 Å². The summed E-state index contributed by atoms with van der Waals surface area (Å²) in [6.45, 7) is 4.36. The average Bonchev–Trinajstić information content (AvgIpc) is 2.73. The fourth-order valence-electron chi connectivity index (χ4n) is 4.49. The molecule has 0 saturated heterocycles. The summed E-state index contributed by atoms with van der Waals surface area (Å²) in [7, 11) is 1.90. The van der Waals surface area contributed by atoms with Crippen LogP contribution in [0.3, 0.4) is 0 Å². The van der Waals surface area contributed by atoms with Gasteiger partial charge in [0.05, 0.1) is 24.9 Å². The third kappa shape index (κ3) is 3.47. The Bertz CT molecular complexity index is 830. The van der Waals surface area contributed by atoms with E-state index in [0.717, 1.165) is 55.0 Å². The molecule has 6 heteroatoms. The minimum atomic E-state index is 0.0414. The van der Waals surface area contributed by atoms with Crippen molar-refractivity contribution in [2.24, 2.45) is 16.6 Å². The van der Waals surface area contributed by atoms with Gasteiger partial charge in [-0.3, -0.25) is 9.79 Å². The van der Waals surface area contributed by atoms with Crippen molar-refractivity contribution in [3.63, 3.8) is 0 Å². The summed E-state index contributed by atoms with van der Waals surface area (Å²) in [6.07, 6.45) is 3.67. The summed E-state index contributed by atoms with van der Waals surface area (Å²) < 4.78 is 11.3. The summed E-state index contributed by atoms with van der Waals surface area (Å²) in [6, 6.07) is 6.06. The zero-order valence-electron chi connectivity index (χ0n) is 16.7. The Kier molecular flexibility index (Phi) is 5.51. The lowest BCUT2D eigenvalue weighted by molar-refractivity contribution is -0.129. The fraction of sp³-hybridized carbons (Fsp3) is 0.545. The Morgan fingerprint density at radius 2 is 2.21 bits per heavy atom. The quantitative estimate of drug-likeness (QED) is 0.848. The molecule has 0 fully saturated rings. The number of aliphatic imine (C=N–C) groups is 1. The van der Waals surface area contributed by atoms with Crippen molar-refractivity contribution in [2.45, 2.75) is 38.6 Å². The SMILES string of the molecule is CCC1COCC2=C1CC(C1=Nc3ccc(OCCN)cc3CC1)N(C)C2=O. The van der Waals surface area contributed by atoms with Gasteiger partial charge < -0.3 is 20.1 Å². The molecule has 1 amide bonds. The number of hydrogen-bond acceptors (Lipinski definition) is 5. The maximum absolute atomic E-state index is 13.0. The van der Waals surface area contributed by atoms with Crippen LogP contribution in [0.5, 0.6) is 5.75 Å². The van der Waals surface area contributed by atoms with Crippen LogP contribution in [0.25, 0.3) is 0 Å². The van der Waals surface area contributed by atoms with Crippen LogP contribution in [0, 0.1) is 5.92 Å². The standard InChI is InChI=1S/C22H29N3O3/c1-3-14-12-27-13-18-17(14)11-21(25(2)22(18)26)20-6-4-15-10-16(28-9-8-23)5-7-19(15)24-20/h5,7,10,14,21H,3-4,6,8-9,11-13,23H2,1-2H3. The molecule has 2 unspecified atom stereocenters. The fourth-order valence-corrected chi connectivity index (χ4v) is 4.49. The minimum absolute atomic E-state index is 0.0414. The van der Waals surface area contributed by atoms with Crippen LogP contribution in [-0.4, -0.2) is 56.0 Å². The Balaban J connectivity index is 1.60. The molecule has 4 rings (SSSR count). The Morgan fingerprint density at radius 3 is 3.00 bits per heavy atom. The van der Waals surface area contributed by atoms with E-state index in [2.05, 4.69) is 13.0 Å². The van der Waals surface area contributed by atoms with Gasteiger partial charge in [-0.25, -0.2) is 0 Å². The van der Waals surface area contributed by atoms with Gasteiger partial charge in [-0.1, -0.05) is 12.5 Å². The monoisotopic (exact) mass is 383 g/mol. The molecular weight excluding hydrogens is 354 g/mol. The van der Waals surface area contributed by atoms with Crippen molar-refractivity contribution in [3.8, 4) is 5.75 Å². The van der Waals surface area contributed by atoms with E-state index in [1.54, 1.807) is 0 Å². The van der Waals surface area contributed by atoms with E-state index in [9.17, 15) is 4.79 Å². The Hall–Kier alpha value is -2.18. The van der Waals surface area contributed by atoms with Crippen LogP contribution in [0.15, 0.2) is 34.3 Å². The van der Waals surface area contributed by atoms with Gasteiger partial charge in [0, 0.05) is 30.8 Å². The lowest BCUT2D eigenvalue weighted by atomic mass is 9.80. The maximum atomic E-state index is 13.0. The third-order valence-corrected chi connectivity index (χ3v) is 6.13. The first-order chi connectivity index (χ1) is 13.6. The summed E-state index contributed by atoms with van der Waals surface area (Å²) in [5.74, 6) is 1.29. The van der Waals surface area contributed by atoms with Crippen LogP contribution >= 0.6 is 0 Å². The highest BCUT2D eigenvalue weighted by atomic mass is 16.5. The number of carbonyl (C=O) groups excluding carboxylic acids is 1. The van der Waals surface area contributed by atoms with Crippen molar-refractivity contribution in [1.29, 1.82) is 0 Å². The largest absolute Gasteiger partial charge is 0.492 e. The molecule has 28 heavy (non-hydrogen) atoms. The number of ether oxygens (including phenoxy) is 2. The average molecular weight is 383 g/mol. The van der Waals surface area contributed by atoms with Crippen LogP contribution in [0.4, 0.5) is 5.69 Å². The van der Waals surface area contributed by atoms with Crippen molar-refractivity contribution < 1.29 is 14.3 Å². The number of rotatable bonds is 5. The van der Waals surface area contributed by atoms with Crippen molar-refractivity contribution in [1.82, 2.24) is 4.90 Å². The van der Waals surface area contributed by atoms with Gasteiger partial charge in [-0.15, -0.1) is 0 Å². The van der Waals surface area contributed by atoms with Crippen LogP contribution < -0.4 is 10.5 Å². The molecule has 6 nitrogen and oxygen atoms in total. The van der Waals surface area contributed by atoms with E-state index in [-0.39, 0.29) is 11.9 Å². The molecule has 0 saturated carbocycles. The third-order valence-electron chi connectivity index (χ3n) is 6.13. The number of nitrogens with zero attached hydrogens (tertiary/aromatic N) is 2. The summed E-state index contributed by atoms with van der Waals surface area (Å²) in [4.78, 5) is 19.8. The number of carbonyl (C=O) groups is 1. The molecule has 0 radical (unpaired) electrons. The van der Waals surface area contributed by atoms with Crippen LogP contribution in [-0.2, 0) is 16.0 Å². The van der Waals surface area contributed by atoms with E-state index < -0.39 is 0 Å². The molecule has 0 aliphatic carbocycles. The number of aryl methyl sites for hydroxylation is 1. The summed E-state index contributed by atoms with van der Waals surface area (Å²) >= 11 is 0. The number of amides is 1. The number of likely N-dealkylation sites (N-methyl/N-ethyl adjacent to an activating group) is 1. The molecule has 3 heterocycles. The molecular formula is C22H29N3O3. The summed E-state index contributed by atoms with van der Waals surface area (Å²) in [5, 5.41) is 0. The second-order valence-electron chi connectivity index (χ2n) is 7.79. The van der Waals surface area contributed by atoms with Crippen LogP contribution in [0.1, 0.15) is 31.7 Å². The molecule has 2 atom stereocenters. The van der Waals surface area contributed by atoms with Crippen molar-refractivity contribution >= 4 is 17.3 Å². The zero-order valence-corrected chi connectivity index (χ0v) is 16.7. The van der Waals surface area contributed by atoms with Gasteiger partial charge in [0.25, 0.3) is 5.91 Å². The highest BCUT2D eigenvalue weighted by Gasteiger charge is 2.39. The first-order valence-electron chi connectivity index (χ1n) is 10.2. The van der Waals surface area contributed by atoms with Crippen LogP contribution in [0.2, 0.25) is 0 Å². The molecule has 1 aromatic carbocycles. The minimum Gasteiger partial charge on any atom is -0.492 e. The number of nitrogens with two attached hydrogens (primary N) is 1. The van der Waals surface area contributed by atoms with E-state index in [0.29, 0.717) is 25.7 Å². The highest BCUT2D eigenvalue weighted by molar-refractivity contribution is 6.02. The topological polar surface area (TPSA) is 77.2 Å². The molecule has 2 N–H and O–H groups in total. The second-order valence-corrected chi connectivity index (χ2v) is 7.79. The second kappa shape index (κ2) is 8.05. The molecule has 3 aliphatic heterocycles. The van der Waals surface area contributed by atoms with E-state index in [4.69, 9.17) is 20.2 Å². The number of fused-ring (bicyclic) bond motifs is 1. The normalized spacial score (nSPS) is 24.6. The highest BCUT2D eigenvalue weighted by Crippen LogP contribution is 2.37. The molecule has 3 aliphatic rings. The Labute approximate surface area is 166 Å². The number of benzene rings is 1.